The summed E-state index contributed by atoms with van der Waals surface area (Å²) < 4.78 is 40.2. The standard InChI is InChI=1S/C22H27F3N4O/c1-27-14-21(15-27,9-10-26)28-11-7-17(8-12-28)29(20(30)22(23,24)25)19-13-18(19)16-5-3-2-4-6-16/h2-6,17-19H,7-9,11-15H2,1H3. The molecule has 1 aliphatic carbocycles. The fourth-order valence-corrected chi connectivity index (χ4v) is 5.43. The number of rotatable bonds is 5. The Balaban J connectivity index is 1.47. The van der Waals surface area contributed by atoms with Gasteiger partial charge in [0.2, 0.25) is 0 Å². The van der Waals surface area contributed by atoms with Gasteiger partial charge in [-0.05, 0) is 31.9 Å². The number of piperidine rings is 1. The summed E-state index contributed by atoms with van der Waals surface area (Å²) in [6.45, 7) is 2.83. The fraction of sp³-hybridized carbons (Fsp3) is 0.636. The third-order valence-electron chi connectivity index (χ3n) is 6.88. The maximum Gasteiger partial charge on any atom is 0.471 e. The van der Waals surface area contributed by atoms with Crippen molar-refractivity contribution < 1.29 is 18.0 Å². The Morgan fingerprint density at radius 1 is 1.23 bits per heavy atom. The Labute approximate surface area is 175 Å². The summed E-state index contributed by atoms with van der Waals surface area (Å²) in [5, 5.41) is 9.23. The molecule has 162 valence electrons. The molecular weight excluding hydrogens is 393 g/mol. The number of carbonyl (C=O) groups excluding carboxylic acids is 1. The first-order chi connectivity index (χ1) is 14.2. The molecule has 30 heavy (non-hydrogen) atoms. The molecule has 0 aromatic heterocycles. The normalized spacial score (nSPS) is 27.2. The minimum atomic E-state index is -4.86. The summed E-state index contributed by atoms with van der Waals surface area (Å²) in [6, 6.07) is 10.9. The molecule has 4 rings (SSSR count). The van der Waals surface area contributed by atoms with Gasteiger partial charge in [-0.15, -0.1) is 0 Å². The molecule has 2 unspecified atom stereocenters. The predicted molar refractivity (Wildman–Crippen MR) is 106 cm³/mol. The van der Waals surface area contributed by atoms with Crippen molar-refractivity contribution in [2.45, 2.75) is 55.4 Å². The summed E-state index contributed by atoms with van der Waals surface area (Å²) in [5.41, 5.74) is 0.796. The van der Waals surface area contributed by atoms with Crippen LogP contribution >= 0.6 is 0 Å². The van der Waals surface area contributed by atoms with Crippen LogP contribution in [0.5, 0.6) is 0 Å². The Kier molecular flexibility index (Phi) is 5.54. The van der Waals surface area contributed by atoms with E-state index < -0.39 is 18.1 Å². The van der Waals surface area contributed by atoms with Crippen LogP contribution in [0.4, 0.5) is 13.2 Å². The molecule has 3 aliphatic rings. The molecule has 0 bridgehead atoms. The molecule has 0 radical (unpaired) electrons. The summed E-state index contributed by atoms with van der Waals surface area (Å²) >= 11 is 0. The highest BCUT2D eigenvalue weighted by Crippen LogP contribution is 2.47. The molecule has 1 aromatic carbocycles. The second kappa shape index (κ2) is 7.86. The van der Waals surface area contributed by atoms with E-state index in [1.807, 2.05) is 37.4 Å². The second-order valence-electron chi connectivity index (χ2n) is 8.98. The van der Waals surface area contributed by atoms with Crippen LogP contribution < -0.4 is 0 Å². The number of amides is 1. The van der Waals surface area contributed by atoms with Gasteiger partial charge in [0.15, 0.2) is 0 Å². The number of hydrogen-bond acceptors (Lipinski definition) is 4. The van der Waals surface area contributed by atoms with Crippen molar-refractivity contribution in [3.63, 3.8) is 0 Å². The Morgan fingerprint density at radius 2 is 1.87 bits per heavy atom. The lowest BCUT2D eigenvalue weighted by molar-refractivity contribution is -0.190. The van der Waals surface area contributed by atoms with E-state index in [0.29, 0.717) is 38.8 Å². The molecule has 1 amide bonds. The molecule has 2 heterocycles. The lowest BCUT2D eigenvalue weighted by Crippen LogP contribution is -2.70. The van der Waals surface area contributed by atoms with E-state index in [2.05, 4.69) is 15.9 Å². The van der Waals surface area contributed by atoms with Crippen LogP contribution in [0.2, 0.25) is 0 Å². The number of carbonyl (C=O) groups is 1. The van der Waals surface area contributed by atoms with E-state index in [1.54, 1.807) is 0 Å². The SMILES string of the molecule is CN1CC(CC#N)(N2CCC(N(C(=O)C(F)(F)F)C3CC3c3ccccc3)CC2)C1. The lowest BCUT2D eigenvalue weighted by Gasteiger charge is -2.56. The highest BCUT2D eigenvalue weighted by molar-refractivity contribution is 5.83. The molecule has 1 saturated carbocycles. The van der Waals surface area contributed by atoms with Gasteiger partial charge in [0.05, 0.1) is 18.0 Å². The van der Waals surface area contributed by atoms with E-state index in [1.165, 1.54) is 0 Å². The van der Waals surface area contributed by atoms with Crippen molar-refractivity contribution in [1.29, 1.82) is 5.26 Å². The van der Waals surface area contributed by atoms with Crippen molar-refractivity contribution >= 4 is 5.91 Å². The molecule has 5 nitrogen and oxygen atoms in total. The van der Waals surface area contributed by atoms with Gasteiger partial charge < -0.3 is 9.80 Å². The van der Waals surface area contributed by atoms with Crippen LogP contribution in [0.3, 0.4) is 0 Å². The van der Waals surface area contributed by atoms with Gasteiger partial charge in [-0.25, -0.2) is 0 Å². The number of nitriles is 1. The second-order valence-corrected chi connectivity index (χ2v) is 8.98. The van der Waals surface area contributed by atoms with Gasteiger partial charge >= 0.3 is 12.1 Å². The first-order valence-corrected chi connectivity index (χ1v) is 10.5. The van der Waals surface area contributed by atoms with Crippen LogP contribution in [0.15, 0.2) is 30.3 Å². The first kappa shape index (κ1) is 21.1. The smallest absolute Gasteiger partial charge is 0.328 e. The van der Waals surface area contributed by atoms with Crippen LogP contribution in [0.1, 0.15) is 37.2 Å². The Morgan fingerprint density at radius 3 is 2.40 bits per heavy atom. The number of nitrogens with zero attached hydrogens (tertiary/aromatic N) is 4. The third-order valence-corrected chi connectivity index (χ3v) is 6.88. The molecule has 0 spiro atoms. The maximum absolute atomic E-state index is 13.4. The minimum Gasteiger partial charge on any atom is -0.328 e. The quantitative estimate of drug-likeness (QED) is 0.735. The van der Waals surface area contributed by atoms with Gasteiger partial charge in [0.25, 0.3) is 0 Å². The molecule has 2 aliphatic heterocycles. The summed E-state index contributed by atoms with van der Waals surface area (Å²) in [7, 11) is 2.00. The van der Waals surface area contributed by atoms with E-state index in [-0.39, 0.29) is 17.5 Å². The molecule has 1 aromatic rings. The van der Waals surface area contributed by atoms with Crippen LogP contribution in [-0.2, 0) is 4.79 Å². The maximum atomic E-state index is 13.4. The largest absolute Gasteiger partial charge is 0.471 e. The minimum absolute atomic E-state index is 0.0271. The number of halogens is 3. The van der Waals surface area contributed by atoms with Crippen molar-refractivity contribution in [2.24, 2.45) is 0 Å². The highest BCUT2D eigenvalue weighted by Gasteiger charge is 2.55. The zero-order valence-corrected chi connectivity index (χ0v) is 17.1. The van der Waals surface area contributed by atoms with Gasteiger partial charge in [0.1, 0.15) is 0 Å². The first-order valence-electron chi connectivity index (χ1n) is 10.5. The van der Waals surface area contributed by atoms with Gasteiger partial charge in [0, 0.05) is 44.2 Å². The molecular formula is C22H27F3N4O. The van der Waals surface area contributed by atoms with Crippen molar-refractivity contribution in [1.82, 2.24) is 14.7 Å². The predicted octanol–water partition coefficient (Wildman–Crippen LogP) is 3.00. The summed E-state index contributed by atoms with van der Waals surface area (Å²) in [6.07, 6.45) is -2.84. The summed E-state index contributed by atoms with van der Waals surface area (Å²) in [4.78, 5) is 17.9. The van der Waals surface area contributed by atoms with Gasteiger partial charge in [-0.3, -0.25) is 9.69 Å². The zero-order chi connectivity index (χ0) is 21.5. The number of likely N-dealkylation sites (N-methyl/N-ethyl adjacent to an activating group) is 1. The van der Waals surface area contributed by atoms with E-state index in [4.69, 9.17) is 0 Å². The number of alkyl halides is 3. The average molecular weight is 420 g/mol. The van der Waals surface area contributed by atoms with Crippen LogP contribution in [0, 0.1) is 11.3 Å². The lowest BCUT2D eigenvalue weighted by atomic mass is 9.83. The van der Waals surface area contributed by atoms with E-state index in [0.717, 1.165) is 23.6 Å². The molecule has 2 atom stereocenters. The topological polar surface area (TPSA) is 50.6 Å². The highest BCUT2D eigenvalue weighted by atomic mass is 19.4. The average Bonchev–Trinajstić information content (AvgIpc) is 3.48. The summed E-state index contributed by atoms with van der Waals surface area (Å²) in [5.74, 6) is -1.74. The fourth-order valence-electron chi connectivity index (χ4n) is 5.43. The number of benzene rings is 1. The Bertz CT molecular complexity index is 808. The number of likely N-dealkylation sites (tertiary alicyclic amines) is 2. The van der Waals surface area contributed by atoms with Gasteiger partial charge in [-0.1, -0.05) is 30.3 Å². The van der Waals surface area contributed by atoms with Gasteiger partial charge in [-0.2, -0.15) is 18.4 Å². The van der Waals surface area contributed by atoms with Crippen molar-refractivity contribution in [2.75, 3.05) is 33.2 Å². The Hall–Kier alpha value is -2.11. The molecule has 3 fully saturated rings. The molecule has 8 heteroatoms. The van der Waals surface area contributed by atoms with E-state index >= 15 is 0 Å². The van der Waals surface area contributed by atoms with Crippen LogP contribution in [0.25, 0.3) is 0 Å². The van der Waals surface area contributed by atoms with Crippen LogP contribution in [-0.4, -0.2) is 77.6 Å². The van der Waals surface area contributed by atoms with E-state index in [9.17, 15) is 23.2 Å². The van der Waals surface area contributed by atoms with Crippen molar-refractivity contribution in [3.8, 4) is 6.07 Å². The molecule has 2 saturated heterocycles. The van der Waals surface area contributed by atoms with Crippen molar-refractivity contribution in [3.05, 3.63) is 35.9 Å². The number of hydrogen-bond donors (Lipinski definition) is 0. The monoisotopic (exact) mass is 420 g/mol. The zero-order valence-electron chi connectivity index (χ0n) is 17.1. The molecule has 0 N–H and O–H groups in total. The third kappa shape index (κ3) is 3.93.